The first kappa shape index (κ1) is 12.7. The Morgan fingerprint density at radius 2 is 2.25 bits per heavy atom. The Morgan fingerprint density at radius 1 is 1.40 bits per heavy atom. The van der Waals surface area contributed by atoms with Crippen molar-refractivity contribution in [2.75, 3.05) is 4.72 Å². The Bertz CT molecular complexity index is 837. The van der Waals surface area contributed by atoms with Gasteiger partial charge in [-0.15, -0.1) is 0 Å². The highest BCUT2D eigenvalue weighted by Crippen LogP contribution is 2.22. The Kier molecular flexibility index (Phi) is 2.94. The summed E-state index contributed by atoms with van der Waals surface area (Å²) >= 11 is 0. The van der Waals surface area contributed by atoms with Crippen molar-refractivity contribution in [3.05, 3.63) is 36.5 Å². The van der Waals surface area contributed by atoms with Crippen molar-refractivity contribution in [1.82, 2.24) is 15.2 Å². The van der Waals surface area contributed by atoms with E-state index in [0.29, 0.717) is 29.1 Å². The van der Waals surface area contributed by atoms with Gasteiger partial charge in [-0.2, -0.15) is 5.10 Å². The monoisotopic (exact) mass is 292 g/mol. The molecule has 0 amide bonds. The summed E-state index contributed by atoms with van der Waals surface area (Å²) in [5, 5.41) is 6.09. The molecule has 0 saturated heterocycles. The number of hydrogen-bond acceptors (Lipinski definition) is 5. The average Bonchev–Trinajstić information content (AvgIpc) is 3.07. The van der Waals surface area contributed by atoms with Crippen LogP contribution in [-0.4, -0.2) is 23.6 Å². The van der Waals surface area contributed by atoms with Crippen LogP contribution in [0.1, 0.15) is 12.8 Å². The zero-order valence-corrected chi connectivity index (χ0v) is 11.4. The van der Waals surface area contributed by atoms with Crippen molar-refractivity contribution in [3.8, 4) is 0 Å². The SMILES string of the molecule is CCc1nc2cc(NS(=O)(=O)c3cn[nH]c3)ccc2o1. The van der Waals surface area contributed by atoms with E-state index in [0.717, 1.165) is 0 Å². The molecule has 0 atom stereocenters. The van der Waals surface area contributed by atoms with Crippen LogP contribution in [0.5, 0.6) is 0 Å². The van der Waals surface area contributed by atoms with Gasteiger partial charge in [-0.1, -0.05) is 6.92 Å². The van der Waals surface area contributed by atoms with Crippen molar-refractivity contribution >= 4 is 26.8 Å². The predicted octanol–water partition coefficient (Wildman–Crippen LogP) is 1.91. The first-order chi connectivity index (χ1) is 9.58. The van der Waals surface area contributed by atoms with Crippen LogP contribution in [0.3, 0.4) is 0 Å². The standard InChI is InChI=1S/C12H12N4O3S/c1-2-12-15-10-5-8(3-4-11(10)19-12)16-20(17,18)9-6-13-14-7-9/h3-7,16H,2H2,1H3,(H,13,14). The van der Waals surface area contributed by atoms with Crippen molar-refractivity contribution in [3.63, 3.8) is 0 Å². The number of aryl methyl sites for hydroxylation is 1. The summed E-state index contributed by atoms with van der Waals surface area (Å²) in [4.78, 5) is 4.34. The summed E-state index contributed by atoms with van der Waals surface area (Å²) in [5.74, 6) is 0.620. The molecular weight excluding hydrogens is 280 g/mol. The van der Waals surface area contributed by atoms with E-state index in [1.807, 2.05) is 6.92 Å². The number of fused-ring (bicyclic) bond motifs is 1. The maximum absolute atomic E-state index is 12.0. The van der Waals surface area contributed by atoms with Gasteiger partial charge in [0.15, 0.2) is 11.5 Å². The quantitative estimate of drug-likeness (QED) is 0.765. The third-order valence-corrected chi connectivity index (χ3v) is 4.12. The van der Waals surface area contributed by atoms with Crippen LogP contribution in [0.4, 0.5) is 5.69 Å². The number of nitrogens with zero attached hydrogens (tertiary/aromatic N) is 2. The summed E-state index contributed by atoms with van der Waals surface area (Å²) in [5.41, 5.74) is 1.68. The lowest BCUT2D eigenvalue weighted by Gasteiger charge is -2.05. The van der Waals surface area contributed by atoms with Crippen LogP contribution in [0.25, 0.3) is 11.1 Å². The third kappa shape index (κ3) is 2.25. The van der Waals surface area contributed by atoms with Gasteiger partial charge in [-0.3, -0.25) is 9.82 Å². The molecule has 0 radical (unpaired) electrons. The van der Waals surface area contributed by atoms with Crippen molar-refractivity contribution in [1.29, 1.82) is 0 Å². The molecule has 0 aliphatic heterocycles. The summed E-state index contributed by atoms with van der Waals surface area (Å²) < 4.78 is 32.0. The zero-order valence-electron chi connectivity index (χ0n) is 10.6. The Morgan fingerprint density at radius 3 is 2.95 bits per heavy atom. The molecule has 2 heterocycles. The summed E-state index contributed by atoms with van der Waals surface area (Å²) in [6.07, 6.45) is 3.24. The molecule has 20 heavy (non-hydrogen) atoms. The minimum atomic E-state index is -3.64. The van der Waals surface area contributed by atoms with E-state index in [9.17, 15) is 8.42 Å². The fraction of sp³-hybridized carbons (Fsp3) is 0.167. The Labute approximate surface area is 115 Å². The van der Waals surface area contributed by atoms with Gasteiger partial charge in [0.1, 0.15) is 10.4 Å². The molecule has 8 heteroatoms. The largest absolute Gasteiger partial charge is 0.441 e. The van der Waals surface area contributed by atoms with Crippen molar-refractivity contribution < 1.29 is 12.8 Å². The molecule has 0 aliphatic rings. The van der Waals surface area contributed by atoms with Crippen molar-refractivity contribution in [2.24, 2.45) is 0 Å². The van der Waals surface area contributed by atoms with Crippen LogP contribution < -0.4 is 4.72 Å². The summed E-state index contributed by atoms with van der Waals surface area (Å²) in [6, 6.07) is 4.95. The fourth-order valence-electron chi connectivity index (χ4n) is 1.79. The molecule has 0 aliphatic carbocycles. The van der Waals surface area contributed by atoms with E-state index in [4.69, 9.17) is 4.42 Å². The molecule has 0 bridgehead atoms. The third-order valence-electron chi connectivity index (χ3n) is 2.77. The molecule has 0 unspecified atom stereocenters. The molecule has 1 aromatic carbocycles. The lowest BCUT2D eigenvalue weighted by atomic mass is 10.3. The Hall–Kier alpha value is -2.35. The molecule has 104 valence electrons. The second-order valence-corrected chi connectivity index (χ2v) is 5.87. The van der Waals surface area contributed by atoms with Gasteiger partial charge >= 0.3 is 0 Å². The zero-order chi connectivity index (χ0) is 14.2. The number of hydrogen-bond donors (Lipinski definition) is 2. The number of oxazole rings is 1. The van der Waals surface area contributed by atoms with Gasteiger partial charge in [0.2, 0.25) is 0 Å². The second-order valence-electron chi connectivity index (χ2n) is 4.18. The van der Waals surface area contributed by atoms with Crippen molar-refractivity contribution in [2.45, 2.75) is 18.2 Å². The van der Waals surface area contributed by atoms with Crippen LogP contribution in [0, 0.1) is 0 Å². The van der Waals surface area contributed by atoms with Crippen LogP contribution in [0.2, 0.25) is 0 Å². The van der Waals surface area contributed by atoms with Gasteiger partial charge in [-0.25, -0.2) is 13.4 Å². The molecule has 3 aromatic rings. The topological polar surface area (TPSA) is 101 Å². The molecule has 7 nitrogen and oxygen atoms in total. The van der Waals surface area contributed by atoms with Gasteiger partial charge < -0.3 is 4.42 Å². The first-order valence-corrected chi connectivity index (χ1v) is 7.48. The average molecular weight is 292 g/mol. The minimum Gasteiger partial charge on any atom is -0.441 e. The summed E-state index contributed by atoms with van der Waals surface area (Å²) in [6.45, 7) is 1.94. The lowest BCUT2D eigenvalue weighted by molar-refractivity contribution is 0.538. The van der Waals surface area contributed by atoms with Gasteiger partial charge in [0, 0.05) is 12.6 Å². The second kappa shape index (κ2) is 4.64. The Balaban J connectivity index is 1.95. The van der Waals surface area contributed by atoms with E-state index >= 15 is 0 Å². The van der Waals surface area contributed by atoms with E-state index < -0.39 is 10.0 Å². The minimum absolute atomic E-state index is 0.0759. The van der Waals surface area contributed by atoms with E-state index in [2.05, 4.69) is 19.9 Å². The fourth-order valence-corrected chi connectivity index (χ4v) is 2.74. The lowest BCUT2D eigenvalue weighted by Crippen LogP contribution is -2.12. The normalized spacial score (nSPS) is 11.8. The highest BCUT2D eigenvalue weighted by molar-refractivity contribution is 7.92. The number of aromatic nitrogens is 3. The molecule has 2 N–H and O–H groups in total. The number of benzene rings is 1. The smallest absolute Gasteiger partial charge is 0.265 e. The van der Waals surface area contributed by atoms with Gasteiger partial charge in [0.05, 0.1) is 11.9 Å². The number of sulfonamides is 1. The maximum atomic E-state index is 12.0. The number of rotatable bonds is 4. The molecular formula is C12H12N4O3S. The number of anilines is 1. The molecule has 2 aromatic heterocycles. The van der Waals surface area contributed by atoms with E-state index in [1.54, 1.807) is 18.2 Å². The number of aromatic amines is 1. The highest BCUT2D eigenvalue weighted by atomic mass is 32.2. The van der Waals surface area contributed by atoms with Gasteiger partial charge in [0.25, 0.3) is 10.0 Å². The molecule has 0 saturated carbocycles. The molecule has 3 rings (SSSR count). The first-order valence-electron chi connectivity index (χ1n) is 5.99. The summed E-state index contributed by atoms with van der Waals surface area (Å²) in [7, 11) is -3.64. The van der Waals surface area contributed by atoms with E-state index in [1.165, 1.54) is 12.4 Å². The molecule has 0 spiro atoms. The van der Waals surface area contributed by atoms with Crippen LogP contribution in [-0.2, 0) is 16.4 Å². The predicted molar refractivity (Wildman–Crippen MR) is 72.8 cm³/mol. The number of H-pyrrole nitrogens is 1. The van der Waals surface area contributed by atoms with Crippen LogP contribution >= 0.6 is 0 Å². The highest BCUT2D eigenvalue weighted by Gasteiger charge is 2.16. The van der Waals surface area contributed by atoms with Gasteiger partial charge in [-0.05, 0) is 18.2 Å². The molecule has 0 fully saturated rings. The van der Waals surface area contributed by atoms with Crippen LogP contribution in [0.15, 0.2) is 39.9 Å². The number of nitrogens with one attached hydrogen (secondary N) is 2. The maximum Gasteiger partial charge on any atom is 0.265 e. The van der Waals surface area contributed by atoms with E-state index in [-0.39, 0.29) is 4.90 Å².